The van der Waals surface area contributed by atoms with Crippen LogP contribution in [0.1, 0.15) is 94.6 Å². The molecule has 1 aliphatic carbocycles. The molecule has 7 atom stereocenters. The van der Waals surface area contributed by atoms with E-state index in [1.54, 1.807) is 54.6 Å². The highest BCUT2D eigenvalue weighted by atomic mass is 33.1. The van der Waals surface area contributed by atoms with E-state index in [1.165, 1.54) is 33.6 Å². The van der Waals surface area contributed by atoms with Gasteiger partial charge in [-0.25, -0.2) is 0 Å². The van der Waals surface area contributed by atoms with Gasteiger partial charge in [0.25, 0.3) is 0 Å². The van der Waals surface area contributed by atoms with Gasteiger partial charge in [-0.2, -0.15) is 0 Å². The summed E-state index contributed by atoms with van der Waals surface area (Å²) in [7, 11) is 4.02. The Kier molecular flexibility index (Phi) is 24.7. The SMILES string of the molecule is COc1ccc(C[C@H]2NC(=O)CC3(CCCCC3)SSC[C@H](C(=O)N3CCC[C@H]3C(=O)N[C@@H](CCCN=C(N)N)C(=O)NCC(N)=O)NC(=O)[C@@H](CC(N)=O)NC(=O)[C@H](CCC(N)=O)NC(=O)[C@@H](Cc3ccccc3)NC2=O)cc1. The molecular formula is C52H74N14O12S2. The first-order valence-corrected chi connectivity index (χ1v) is 28.7. The van der Waals surface area contributed by atoms with E-state index in [9.17, 15) is 52.7 Å². The minimum absolute atomic E-state index is 0.0113. The van der Waals surface area contributed by atoms with Gasteiger partial charge in [-0.3, -0.25) is 57.7 Å². The van der Waals surface area contributed by atoms with Gasteiger partial charge >= 0.3 is 0 Å². The standard InChI is InChI=1S/C52H74N14O12S2/c1-78-32-16-14-31(15-17-32)25-35-46(73)63-36(24-30-10-4-2-5-11-30)47(74)61-34(18-19-40(53)67)45(72)64-37(26-41(54)68)48(75)65-38(29-79-80-52(27-43(70)60-35)20-6-3-7-21-52)50(77)66-23-9-13-39(66)49(76)62-33(12-8-22-58-51(56)57)44(71)59-28-42(55)69/h2,4-5,10-11,14-17,33-39H,3,6-9,12-13,18-29H2,1H3,(H2,53,67)(H2,54,68)(H2,55,69)(H,59,71)(H,60,70)(H,61,74)(H,62,76)(H,63,73)(H,64,72)(H,65,75)(H4,56,57,58)/t33-,34-,35+,36+,37+,38+,39-/m0/s1. The molecule has 28 heteroatoms. The molecule has 5 rings (SSSR count). The molecule has 0 bridgehead atoms. The Morgan fingerprint density at radius 2 is 1.35 bits per heavy atom. The molecule has 2 aromatic rings. The normalized spacial score (nSPS) is 22.6. The number of guanidine groups is 1. The number of rotatable bonds is 20. The van der Waals surface area contributed by atoms with Crippen LogP contribution in [-0.4, -0.2) is 155 Å². The van der Waals surface area contributed by atoms with Crippen molar-refractivity contribution in [2.75, 3.05) is 32.5 Å². The van der Waals surface area contributed by atoms with Gasteiger partial charge in [-0.15, -0.1) is 0 Å². The molecule has 1 spiro atoms. The number of nitrogens with one attached hydrogen (secondary N) is 7. The molecule has 2 saturated heterocycles. The Morgan fingerprint density at radius 1 is 0.738 bits per heavy atom. The number of amides is 11. The van der Waals surface area contributed by atoms with Crippen LogP contribution in [0.15, 0.2) is 59.6 Å². The van der Waals surface area contributed by atoms with Crippen molar-refractivity contribution in [1.29, 1.82) is 0 Å². The second-order valence-electron chi connectivity index (χ2n) is 20.0. The largest absolute Gasteiger partial charge is 0.497 e. The van der Waals surface area contributed by atoms with Gasteiger partial charge < -0.3 is 75.5 Å². The van der Waals surface area contributed by atoms with Crippen LogP contribution in [0.5, 0.6) is 5.75 Å². The van der Waals surface area contributed by atoms with Gasteiger partial charge in [0.15, 0.2) is 5.96 Å². The van der Waals surface area contributed by atoms with Crippen molar-refractivity contribution in [3.05, 3.63) is 65.7 Å². The number of ether oxygens (including phenoxy) is 1. The van der Waals surface area contributed by atoms with E-state index in [0.29, 0.717) is 36.1 Å². The molecule has 26 nitrogen and oxygen atoms in total. The lowest BCUT2D eigenvalue weighted by molar-refractivity contribution is -0.142. The van der Waals surface area contributed by atoms with Gasteiger partial charge in [-0.1, -0.05) is 83.3 Å². The molecule has 2 aliphatic heterocycles. The number of nitrogens with two attached hydrogens (primary N) is 5. The lowest BCUT2D eigenvalue weighted by atomic mass is 9.85. The first-order valence-electron chi connectivity index (χ1n) is 26.4. The fourth-order valence-electron chi connectivity index (χ4n) is 9.59. The van der Waals surface area contributed by atoms with E-state index in [1.807, 2.05) is 0 Å². The molecule has 436 valence electrons. The number of hydrogen-bond acceptors (Lipinski definition) is 15. The summed E-state index contributed by atoms with van der Waals surface area (Å²) in [5.74, 6) is -8.92. The Morgan fingerprint density at radius 3 is 1.98 bits per heavy atom. The van der Waals surface area contributed by atoms with Crippen molar-refractivity contribution in [3.8, 4) is 5.75 Å². The minimum atomic E-state index is -1.77. The minimum Gasteiger partial charge on any atom is -0.497 e. The number of likely N-dealkylation sites (tertiary alicyclic amines) is 1. The zero-order valence-electron chi connectivity index (χ0n) is 44.7. The number of primary amides is 3. The van der Waals surface area contributed by atoms with Gasteiger partial charge in [-0.05, 0) is 68.2 Å². The van der Waals surface area contributed by atoms with E-state index in [-0.39, 0.29) is 63.3 Å². The van der Waals surface area contributed by atoms with Gasteiger partial charge in [0.05, 0.1) is 20.1 Å². The number of aliphatic imine (C=N–C) groups is 1. The Labute approximate surface area is 471 Å². The molecule has 2 aromatic carbocycles. The summed E-state index contributed by atoms with van der Waals surface area (Å²) in [6.45, 7) is -0.382. The van der Waals surface area contributed by atoms with E-state index in [0.717, 1.165) is 19.3 Å². The maximum atomic E-state index is 15.0. The molecule has 17 N–H and O–H groups in total. The third-order valence-electron chi connectivity index (χ3n) is 13.7. The summed E-state index contributed by atoms with van der Waals surface area (Å²) in [6, 6.07) is 5.70. The summed E-state index contributed by atoms with van der Waals surface area (Å²) < 4.78 is 4.59. The Hall–Kier alpha value is -7.62. The maximum Gasteiger partial charge on any atom is 0.246 e. The third kappa shape index (κ3) is 20.2. The van der Waals surface area contributed by atoms with E-state index in [2.05, 4.69) is 42.2 Å². The first kappa shape index (κ1) is 63.2. The van der Waals surface area contributed by atoms with Crippen molar-refractivity contribution in [1.82, 2.24) is 42.1 Å². The number of benzene rings is 2. The van der Waals surface area contributed by atoms with Crippen LogP contribution in [0.3, 0.4) is 0 Å². The molecule has 80 heavy (non-hydrogen) atoms. The maximum absolute atomic E-state index is 15.0. The molecule has 0 aromatic heterocycles. The molecule has 0 radical (unpaired) electrons. The van der Waals surface area contributed by atoms with Crippen molar-refractivity contribution < 1.29 is 57.5 Å². The van der Waals surface area contributed by atoms with Crippen molar-refractivity contribution in [2.45, 2.75) is 143 Å². The molecule has 0 unspecified atom stereocenters. The van der Waals surface area contributed by atoms with Gasteiger partial charge in [0, 0.05) is 49.3 Å². The number of methoxy groups -OCH3 is 1. The van der Waals surface area contributed by atoms with Crippen LogP contribution in [0.25, 0.3) is 0 Å². The first-order chi connectivity index (χ1) is 38.1. The average Bonchev–Trinajstić information content (AvgIpc) is 3.95. The summed E-state index contributed by atoms with van der Waals surface area (Å²) in [4.78, 5) is 156. The Bertz CT molecular complexity index is 2570. The van der Waals surface area contributed by atoms with Crippen molar-refractivity contribution >= 4 is 92.5 Å². The zero-order chi connectivity index (χ0) is 58.4. The van der Waals surface area contributed by atoms with Crippen LogP contribution in [-0.2, 0) is 65.6 Å². The van der Waals surface area contributed by atoms with E-state index < -0.39 is 138 Å². The van der Waals surface area contributed by atoms with Crippen LogP contribution in [0.4, 0.5) is 0 Å². The zero-order valence-corrected chi connectivity index (χ0v) is 46.3. The average molecular weight is 1150 g/mol. The number of carbonyl (C=O) groups is 11. The highest BCUT2D eigenvalue weighted by molar-refractivity contribution is 8.77. The van der Waals surface area contributed by atoms with E-state index >= 15 is 0 Å². The van der Waals surface area contributed by atoms with Crippen LogP contribution >= 0.6 is 21.6 Å². The molecule has 3 aliphatic rings. The Balaban J connectivity index is 1.53. The smallest absolute Gasteiger partial charge is 0.246 e. The van der Waals surface area contributed by atoms with Crippen molar-refractivity contribution in [3.63, 3.8) is 0 Å². The highest BCUT2D eigenvalue weighted by Crippen LogP contribution is 2.48. The number of nitrogens with zero attached hydrogens (tertiary/aromatic N) is 2. The molecule has 2 heterocycles. The lowest BCUT2D eigenvalue weighted by Crippen LogP contribution is -2.61. The molecule has 1 saturated carbocycles. The van der Waals surface area contributed by atoms with Crippen LogP contribution < -0.4 is 70.6 Å². The van der Waals surface area contributed by atoms with Gasteiger partial charge in [0.1, 0.15) is 48.0 Å². The highest BCUT2D eigenvalue weighted by Gasteiger charge is 2.42. The van der Waals surface area contributed by atoms with Crippen LogP contribution in [0, 0.1) is 0 Å². The molecule has 3 fully saturated rings. The summed E-state index contributed by atoms with van der Waals surface area (Å²) in [5.41, 5.74) is 28.5. The fourth-order valence-corrected chi connectivity index (χ4v) is 13.0. The molecular weight excluding hydrogens is 1080 g/mol. The predicted octanol–water partition coefficient (Wildman–Crippen LogP) is -2.34. The van der Waals surface area contributed by atoms with Gasteiger partial charge in [0.2, 0.25) is 65.0 Å². The topological polar surface area (TPSA) is 427 Å². The van der Waals surface area contributed by atoms with Crippen molar-refractivity contribution in [2.24, 2.45) is 33.7 Å². The summed E-state index contributed by atoms with van der Waals surface area (Å²) in [5, 5.41) is 18.5. The second-order valence-corrected chi connectivity index (χ2v) is 22.8. The number of carbonyl (C=O) groups excluding carboxylic acids is 11. The monoisotopic (exact) mass is 1150 g/mol. The number of hydrogen-bond donors (Lipinski definition) is 12. The quantitative estimate of drug-likeness (QED) is 0.0286. The summed E-state index contributed by atoms with van der Waals surface area (Å²) >= 11 is 0. The predicted molar refractivity (Wildman–Crippen MR) is 298 cm³/mol. The lowest BCUT2D eigenvalue weighted by Gasteiger charge is -2.37. The fraction of sp³-hybridized carbons (Fsp3) is 0.538. The van der Waals surface area contributed by atoms with Crippen LogP contribution in [0.2, 0.25) is 0 Å². The van der Waals surface area contributed by atoms with E-state index in [4.69, 9.17) is 33.4 Å². The molecule has 11 amide bonds. The second kappa shape index (κ2) is 31.2. The third-order valence-corrected chi connectivity index (χ3v) is 17.0. The summed E-state index contributed by atoms with van der Waals surface area (Å²) in [6.07, 6.45) is 2.41.